The van der Waals surface area contributed by atoms with Gasteiger partial charge in [0.15, 0.2) is 0 Å². The largest absolute Gasteiger partial charge is 0.353 e. The summed E-state index contributed by atoms with van der Waals surface area (Å²) >= 11 is 6.64. The molecule has 0 saturated carbocycles. The van der Waals surface area contributed by atoms with Gasteiger partial charge in [-0.1, -0.05) is 58.5 Å². The van der Waals surface area contributed by atoms with E-state index in [0.29, 0.717) is 13.1 Å². The van der Waals surface area contributed by atoms with E-state index in [2.05, 4.69) is 42.5 Å². The Bertz CT molecular complexity index is 236. The van der Waals surface area contributed by atoms with E-state index in [1.165, 1.54) is 0 Å². The highest BCUT2D eigenvalue weighted by atomic mass is 79.9. The standard InChI is InChI=1S/C12H22Br2N2O2/c1-3-5-9(13)11(17)15-7-8-16-12(18)10(14)6-4-2/h9-10H,3-8H2,1-2H3,(H,15,17)(H,16,18)/t9-,10-/m1/s1. The highest BCUT2D eigenvalue weighted by Gasteiger charge is 2.14. The number of carbonyl (C=O) groups is 2. The minimum atomic E-state index is -0.137. The van der Waals surface area contributed by atoms with Crippen molar-refractivity contribution in [1.29, 1.82) is 0 Å². The van der Waals surface area contributed by atoms with Crippen LogP contribution in [0.15, 0.2) is 0 Å². The third kappa shape index (κ3) is 8.08. The maximum Gasteiger partial charge on any atom is 0.233 e. The summed E-state index contributed by atoms with van der Waals surface area (Å²) < 4.78 is 0. The number of alkyl halides is 2. The van der Waals surface area contributed by atoms with Gasteiger partial charge in [-0.05, 0) is 12.8 Å². The number of hydrogen-bond acceptors (Lipinski definition) is 2. The van der Waals surface area contributed by atoms with Crippen LogP contribution in [0, 0.1) is 0 Å². The van der Waals surface area contributed by atoms with Crippen molar-refractivity contribution in [1.82, 2.24) is 10.6 Å². The van der Waals surface area contributed by atoms with Gasteiger partial charge < -0.3 is 10.6 Å². The third-order valence-corrected chi connectivity index (χ3v) is 4.12. The summed E-state index contributed by atoms with van der Waals surface area (Å²) in [5.74, 6) is -0.0369. The van der Waals surface area contributed by atoms with E-state index >= 15 is 0 Å². The summed E-state index contributed by atoms with van der Waals surface area (Å²) in [5.41, 5.74) is 0. The molecule has 0 bridgehead atoms. The minimum Gasteiger partial charge on any atom is -0.353 e. The Morgan fingerprint density at radius 1 is 0.889 bits per heavy atom. The summed E-state index contributed by atoms with van der Waals surface area (Å²) in [6.45, 7) is 4.99. The monoisotopic (exact) mass is 384 g/mol. The lowest BCUT2D eigenvalue weighted by Gasteiger charge is -2.12. The first-order valence-electron chi connectivity index (χ1n) is 6.36. The summed E-state index contributed by atoms with van der Waals surface area (Å²) in [5, 5.41) is 5.56. The number of hydrogen-bond donors (Lipinski definition) is 2. The predicted molar refractivity (Wildman–Crippen MR) is 81.3 cm³/mol. The molecule has 0 heterocycles. The van der Waals surface area contributed by atoms with E-state index in [0.717, 1.165) is 25.7 Å². The summed E-state index contributed by atoms with van der Waals surface area (Å²) in [4.78, 5) is 22.8. The quantitative estimate of drug-likeness (QED) is 0.472. The lowest BCUT2D eigenvalue weighted by molar-refractivity contribution is -0.122. The molecule has 4 nitrogen and oxygen atoms in total. The molecule has 0 saturated heterocycles. The van der Waals surface area contributed by atoms with Crippen LogP contribution in [0.3, 0.4) is 0 Å². The zero-order valence-corrected chi connectivity index (χ0v) is 14.1. The molecule has 106 valence electrons. The third-order valence-electron chi connectivity index (χ3n) is 2.38. The average Bonchev–Trinajstić information content (AvgIpc) is 2.34. The molecule has 2 atom stereocenters. The first kappa shape index (κ1) is 17.9. The molecule has 6 heteroatoms. The van der Waals surface area contributed by atoms with Crippen molar-refractivity contribution in [3.63, 3.8) is 0 Å². The fourth-order valence-electron chi connectivity index (χ4n) is 1.36. The van der Waals surface area contributed by atoms with Crippen molar-refractivity contribution in [3.05, 3.63) is 0 Å². The zero-order chi connectivity index (χ0) is 14.0. The second kappa shape index (κ2) is 10.8. The van der Waals surface area contributed by atoms with E-state index in [4.69, 9.17) is 0 Å². The first-order valence-corrected chi connectivity index (χ1v) is 8.19. The van der Waals surface area contributed by atoms with Gasteiger partial charge in [0.2, 0.25) is 11.8 Å². The Morgan fingerprint density at radius 3 is 1.50 bits per heavy atom. The van der Waals surface area contributed by atoms with Crippen LogP contribution in [0.25, 0.3) is 0 Å². The zero-order valence-electron chi connectivity index (χ0n) is 11.0. The number of halogens is 2. The molecule has 0 unspecified atom stereocenters. The van der Waals surface area contributed by atoms with Crippen LogP contribution in [-0.2, 0) is 9.59 Å². The van der Waals surface area contributed by atoms with Crippen molar-refractivity contribution < 1.29 is 9.59 Å². The molecule has 0 radical (unpaired) electrons. The van der Waals surface area contributed by atoms with Crippen LogP contribution >= 0.6 is 31.9 Å². The fraction of sp³-hybridized carbons (Fsp3) is 0.833. The lowest BCUT2D eigenvalue weighted by Crippen LogP contribution is -2.39. The second-order valence-corrected chi connectivity index (χ2v) is 6.31. The average molecular weight is 386 g/mol. The van der Waals surface area contributed by atoms with Gasteiger partial charge >= 0.3 is 0 Å². The van der Waals surface area contributed by atoms with Crippen molar-refractivity contribution >= 4 is 43.7 Å². The summed E-state index contributed by atoms with van der Waals surface area (Å²) in [6.07, 6.45) is 3.56. The van der Waals surface area contributed by atoms with Gasteiger partial charge in [0.25, 0.3) is 0 Å². The van der Waals surface area contributed by atoms with E-state index in [1.54, 1.807) is 0 Å². The Labute approximate surface area is 126 Å². The molecule has 2 N–H and O–H groups in total. The summed E-state index contributed by atoms with van der Waals surface area (Å²) in [6, 6.07) is 0. The van der Waals surface area contributed by atoms with Gasteiger partial charge in [0.05, 0.1) is 9.65 Å². The van der Waals surface area contributed by atoms with Gasteiger partial charge in [-0.2, -0.15) is 0 Å². The number of carbonyl (C=O) groups excluding carboxylic acids is 2. The van der Waals surface area contributed by atoms with Crippen molar-refractivity contribution in [3.8, 4) is 0 Å². The Morgan fingerprint density at radius 2 is 1.22 bits per heavy atom. The SMILES string of the molecule is CCC[C@@H](Br)C(=O)NCCNC(=O)[C@H](Br)CCC. The maximum atomic E-state index is 11.5. The highest BCUT2D eigenvalue weighted by molar-refractivity contribution is 9.10. The molecule has 0 rings (SSSR count). The van der Waals surface area contributed by atoms with E-state index < -0.39 is 0 Å². The summed E-state index contributed by atoms with van der Waals surface area (Å²) in [7, 11) is 0. The molecule has 0 aromatic rings. The van der Waals surface area contributed by atoms with Crippen molar-refractivity contribution in [2.75, 3.05) is 13.1 Å². The van der Waals surface area contributed by atoms with Crippen molar-refractivity contribution in [2.45, 2.75) is 49.2 Å². The van der Waals surface area contributed by atoms with Crippen molar-refractivity contribution in [2.24, 2.45) is 0 Å². The van der Waals surface area contributed by atoms with Gasteiger partial charge in [0, 0.05) is 13.1 Å². The molecule has 2 amide bonds. The minimum absolute atomic E-state index is 0.0185. The number of amides is 2. The maximum absolute atomic E-state index is 11.5. The number of rotatable bonds is 9. The Balaban J connectivity index is 3.67. The van der Waals surface area contributed by atoms with Crippen LogP contribution in [0.4, 0.5) is 0 Å². The van der Waals surface area contributed by atoms with Gasteiger partial charge in [-0.3, -0.25) is 9.59 Å². The van der Waals surface area contributed by atoms with E-state index in [-0.39, 0.29) is 21.5 Å². The van der Waals surface area contributed by atoms with Gasteiger partial charge in [-0.15, -0.1) is 0 Å². The molecular formula is C12H22Br2N2O2. The van der Waals surface area contributed by atoms with Gasteiger partial charge in [-0.25, -0.2) is 0 Å². The first-order chi connectivity index (χ1) is 8.52. The highest BCUT2D eigenvalue weighted by Crippen LogP contribution is 2.08. The normalized spacial score (nSPS) is 13.8. The van der Waals surface area contributed by atoms with Crippen LogP contribution < -0.4 is 10.6 Å². The molecule has 18 heavy (non-hydrogen) atoms. The Hall–Kier alpha value is -0.100. The molecule has 0 aliphatic rings. The molecule has 0 spiro atoms. The topological polar surface area (TPSA) is 58.2 Å². The van der Waals surface area contributed by atoms with E-state index in [9.17, 15) is 9.59 Å². The fourth-order valence-corrected chi connectivity index (χ4v) is 2.60. The molecule has 0 fully saturated rings. The molecule has 0 aliphatic heterocycles. The van der Waals surface area contributed by atoms with Gasteiger partial charge in [0.1, 0.15) is 0 Å². The second-order valence-electron chi connectivity index (χ2n) is 4.09. The van der Waals surface area contributed by atoms with Crippen LogP contribution in [0.2, 0.25) is 0 Å². The smallest absolute Gasteiger partial charge is 0.233 e. The van der Waals surface area contributed by atoms with Crippen LogP contribution in [0.5, 0.6) is 0 Å². The number of nitrogens with one attached hydrogen (secondary N) is 2. The van der Waals surface area contributed by atoms with Crippen LogP contribution in [0.1, 0.15) is 39.5 Å². The Kier molecular flexibility index (Phi) is 10.7. The molecule has 0 aromatic carbocycles. The van der Waals surface area contributed by atoms with Crippen LogP contribution in [-0.4, -0.2) is 34.6 Å². The van der Waals surface area contributed by atoms with E-state index in [1.807, 2.05) is 13.8 Å². The molecule has 0 aromatic heterocycles. The molecule has 0 aliphatic carbocycles. The molecular weight excluding hydrogens is 364 g/mol. The lowest BCUT2D eigenvalue weighted by atomic mass is 10.2. The predicted octanol–water partition coefficient (Wildman–Crippen LogP) is 2.35.